The number of hydrogen-bond donors (Lipinski definition) is 2. The number of fused-ring (bicyclic) bond motifs is 1. The Bertz CT molecular complexity index is 547. The predicted octanol–water partition coefficient (Wildman–Crippen LogP) is 4.21. The quantitative estimate of drug-likeness (QED) is 0.869. The van der Waals surface area contributed by atoms with Gasteiger partial charge in [0.2, 0.25) is 0 Å². The van der Waals surface area contributed by atoms with Gasteiger partial charge < -0.3 is 10.3 Å². The van der Waals surface area contributed by atoms with E-state index in [4.69, 9.17) is 4.98 Å². The number of H-pyrrole nitrogens is 1. The number of nitrogens with zero attached hydrogens (tertiary/aromatic N) is 1. The molecule has 0 aliphatic heterocycles. The zero-order valence-corrected chi connectivity index (χ0v) is 13.7. The first kappa shape index (κ1) is 14.9. The zero-order chi connectivity index (χ0) is 14.7. The van der Waals surface area contributed by atoms with E-state index in [-0.39, 0.29) is 0 Å². The molecule has 4 heteroatoms. The van der Waals surface area contributed by atoms with Crippen molar-refractivity contribution in [2.45, 2.75) is 55.5 Å². The van der Waals surface area contributed by atoms with Crippen molar-refractivity contribution in [3.63, 3.8) is 0 Å². The van der Waals surface area contributed by atoms with E-state index in [0.717, 1.165) is 22.1 Å². The minimum absolute atomic E-state index is 0.608. The molecule has 3 nitrogen and oxygen atoms in total. The molecule has 2 N–H and O–H groups in total. The lowest BCUT2D eigenvalue weighted by Gasteiger charge is -2.35. The molecular formula is C17H25N3S. The summed E-state index contributed by atoms with van der Waals surface area (Å²) in [7, 11) is 2.09. The fraction of sp³-hybridized carbons (Fsp3) is 0.588. The van der Waals surface area contributed by atoms with Crippen molar-refractivity contribution in [2.24, 2.45) is 5.92 Å². The Morgan fingerprint density at radius 3 is 2.95 bits per heavy atom. The van der Waals surface area contributed by atoms with Crippen molar-refractivity contribution < 1.29 is 0 Å². The van der Waals surface area contributed by atoms with Crippen LogP contribution in [0.25, 0.3) is 11.0 Å². The first-order valence-corrected chi connectivity index (χ1v) is 8.96. The molecule has 0 radical (unpaired) electrons. The lowest BCUT2D eigenvalue weighted by molar-refractivity contribution is 0.295. The van der Waals surface area contributed by atoms with E-state index in [1.807, 2.05) is 17.8 Å². The standard InChI is InChI=1S/C17H25N3S/c1-3-6-12-9-10-15(18-2)16(11-12)21-17-19-13-7-4-5-8-14(13)20-17/h4-5,7-8,12,15-16,18H,3,6,9-11H2,1-2H3,(H,19,20). The van der Waals surface area contributed by atoms with Gasteiger partial charge in [-0.2, -0.15) is 0 Å². The van der Waals surface area contributed by atoms with Gasteiger partial charge in [0.1, 0.15) is 0 Å². The van der Waals surface area contributed by atoms with Gasteiger partial charge in [0.25, 0.3) is 0 Å². The minimum atomic E-state index is 0.608. The van der Waals surface area contributed by atoms with Crippen molar-refractivity contribution in [1.82, 2.24) is 15.3 Å². The normalized spacial score (nSPS) is 26.3. The molecule has 1 fully saturated rings. The third-order valence-electron chi connectivity index (χ3n) is 4.60. The fourth-order valence-electron chi connectivity index (χ4n) is 3.47. The molecule has 2 aromatic rings. The molecule has 1 saturated carbocycles. The van der Waals surface area contributed by atoms with Crippen LogP contribution in [0.5, 0.6) is 0 Å². The largest absolute Gasteiger partial charge is 0.333 e. The summed E-state index contributed by atoms with van der Waals surface area (Å²) in [6, 6.07) is 8.89. The van der Waals surface area contributed by atoms with Gasteiger partial charge in [-0.1, -0.05) is 43.7 Å². The number of benzene rings is 1. The van der Waals surface area contributed by atoms with Crippen LogP contribution in [0, 0.1) is 5.92 Å². The van der Waals surface area contributed by atoms with Gasteiger partial charge in [-0.05, 0) is 44.4 Å². The van der Waals surface area contributed by atoms with Crippen LogP contribution in [0.15, 0.2) is 29.4 Å². The monoisotopic (exact) mass is 303 g/mol. The molecule has 1 aromatic heterocycles. The maximum absolute atomic E-state index is 4.73. The van der Waals surface area contributed by atoms with Crippen molar-refractivity contribution in [1.29, 1.82) is 0 Å². The molecule has 1 heterocycles. The number of para-hydroxylation sites is 2. The van der Waals surface area contributed by atoms with Gasteiger partial charge in [-0.3, -0.25) is 0 Å². The van der Waals surface area contributed by atoms with Crippen LogP contribution in [-0.2, 0) is 0 Å². The van der Waals surface area contributed by atoms with Crippen LogP contribution in [0.2, 0.25) is 0 Å². The van der Waals surface area contributed by atoms with Crippen LogP contribution < -0.4 is 5.32 Å². The van der Waals surface area contributed by atoms with Crippen LogP contribution in [-0.4, -0.2) is 28.3 Å². The first-order valence-electron chi connectivity index (χ1n) is 8.08. The van der Waals surface area contributed by atoms with Crippen LogP contribution in [0.4, 0.5) is 0 Å². The van der Waals surface area contributed by atoms with Gasteiger partial charge in [0.05, 0.1) is 11.0 Å². The molecule has 3 rings (SSSR count). The van der Waals surface area contributed by atoms with Gasteiger partial charge in [0, 0.05) is 11.3 Å². The number of aromatic amines is 1. The number of imidazole rings is 1. The zero-order valence-electron chi connectivity index (χ0n) is 12.9. The lowest BCUT2D eigenvalue weighted by Crippen LogP contribution is -2.40. The summed E-state index contributed by atoms with van der Waals surface area (Å²) in [5.41, 5.74) is 2.21. The van der Waals surface area contributed by atoms with Crippen molar-refractivity contribution in [3.05, 3.63) is 24.3 Å². The number of aromatic nitrogens is 2. The van der Waals surface area contributed by atoms with Crippen molar-refractivity contribution >= 4 is 22.8 Å². The van der Waals surface area contributed by atoms with E-state index in [9.17, 15) is 0 Å². The summed E-state index contributed by atoms with van der Waals surface area (Å²) in [6.45, 7) is 2.30. The molecule has 1 aromatic carbocycles. The molecule has 0 bridgehead atoms. The first-order chi connectivity index (χ1) is 10.3. The highest BCUT2D eigenvalue weighted by atomic mass is 32.2. The Balaban J connectivity index is 1.73. The van der Waals surface area contributed by atoms with E-state index >= 15 is 0 Å². The number of hydrogen-bond acceptors (Lipinski definition) is 3. The number of rotatable bonds is 5. The maximum atomic E-state index is 4.73. The highest BCUT2D eigenvalue weighted by Crippen LogP contribution is 2.37. The molecule has 3 unspecified atom stereocenters. The molecular weight excluding hydrogens is 278 g/mol. The molecule has 1 aliphatic rings. The lowest BCUT2D eigenvalue weighted by atomic mass is 9.83. The third-order valence-corrected chi connectivity index (χ3v) is 5.84. The summed E-state index contributed by atoms with van der Waals surface area (Å²) in [6.07, 6.45) is 6.64. The Morgan fingerprint density at radius 2 is 2.19 bits per heavy atom. The minimum Gasteiger partial charge on any atom is -0.333 e. The van der Waals surface area contributed by atoms with E-state index in [0.29, 0.717) is 11.3 Å². The Hall–Kier alpha value is -1.00. The molecule has 1 aliphatic carbocycles. The summed E-state index contributed by atoms with van der Waals surface area (Å²) in [5.74, 6) is 0.890. The van der Waals surface area contributed by atoms with Crippen LogP contribution in [0.3, 0.4) is 0 Å². The Morgan fingerprint density at radius 1 is 1.33 bits per heavy atom. The van der Waals surface area contributed by atoms with Crippen LogP contribution >= 0.6 is 11.8 Å². The van der Waals surface area contributed by atoms with E-state index in [1.54, 1.807) is 0 Å². The average molecular weight is 303 g/mol. The highest BCUT2D eigenvalue weighted by Gasteiger charge is 2.30. The molecule has 21 heavy (non-hydrogen) atoms. The fourth-order valence-corrected chi connectivity index (χ4v) is 4.88. The summed E-state index contributed by atoms with van der Waals surface area (Å²) in [4.78, 5) is 8.18. The second-order valence-electron chi connectivity index (χ2n) is 6.08. The second-order valence-corrected chi connectivity index (χ2v) is 7.31. The van der Waals surface area contributed by atoms with Gasteiger partial charge in [0.15, 0.2) is 5.16 Å². The molecule has 0 saturated heterocycles. The third kappa shape index (κ3) is 3.43. The molecule has 114 valence electrons. The Labute approximate surface area is 131 Å². The predicted molar refractivity (Wildman–Crippen MR) is 90.8 cm³/mol. The van der Waals surface area contributed by atoms with Gasteiger partial charge in [-0.15, -0.1) is 0 Å². The van der Waals surface area contributed by atoms with Gasteiger partial charge in [-0.25, -0.2) is 4.98 Å². The van der Waals surface area contributed by atoms with E-state index in [2.05, 4.69) is 42.5 Å². The second kappa shape index (κ2) is 6.84. The maximum Gasteiger partial charge on any atom is 0.166 e. The summed E-state index contributed by atoms with van der Waals surface area (Å²) >= 11 is 1.92. The topological polar surface area (TPSA) is 40.7 Å². The van der Waals surface area contributed by atoms with Gasteiger partial charge >= 0.3 is 0 Å². The SMILES string of the molecule is CCCC1CCC(NC)C(Sc2nc3ccccc3[nH]2)C1. The van der Waals surface area contributed by atoms with Crippen LogP contribution in [0.1, 0.15) is 39.0 Å². The molecule has 3 atom stereocenters. The summed E-state index contributed by atoms with van der Waals surface area (Å²) < 4.78 is 0. The van der Waals surface area contributed by atoms with Crippen molar-refractivity contribution in [3.8, 4) is 0 Å². The summed E-state index contributed by atoms with van der Waals surface area (Å²) in [5, 5.41) is 5.20. The Kier molecular flexibility index (Phi) is 4.86. The molecule has 0 spiro atoms. The number of thioether (sulfide) groups is 1. The smallest absolute Gasteiger partial charge is 0.166 e. The van der Waals surface area contributed by atoms with E-state index in [1.165, 1.54) is 32.1 Å². The average Bonchev–Trinajstić information content (AvgIpc) is 2.90. The molecule has 0 amide bonds. The van der Waals surface area contributed by atoms with E-state index < -0.39 is 0 Å². The number of nitrogens with one attached hydrogen (secondary N) is 2. The highest BCUT2D eigenvalue weighted by molar-refractivity contribution is 7.99. The van der Waals surface area contributed by atoms with Crippen molar-refractivity contribution in [2.75, 3.05) is 7.05 Å².